The van der Waals surface area contributed by atoms with Gasteiger partial charge in [0.25, 0.3) is 0 Å². The van der Waals surface area contributed by atoms with Crippen molar-refractivity contribution < 1.29 is 18.7 Å². The standard InChI is InChI=1S/C25H31N3O4/c1-26-14-6-10-22(26)18-28(19-23-11-7-16-32-23)25(30)20-27(15-17-31-2)24(29)13-12-21-8-4-3-5-9-21/h3-11,14,16H,12-13,15,17-20H2,1-2H3. The van der Waals surface area contributed by atoms with Crippen LogP contribution in [0.3, 0.4) is 0 Å². The molecule has 3 aromatic rings. The maximum absolute atomic E-state index is 13.3. The molecule has 0 N–H and O–H groups in total. The van der Waals surface area contributed by atoms with Gasteiger partial charge in [-0.15, -0.1) is 0 Å². The molecule has 2 heterocycles. The highest BCUT2D eigenvalue weighted by Gasteiger charge is 2.23. The van der Waals surface area contributed by atoms with E-state index in [2.05, 4.69) is 0 Å². The summed E-state index contributed by atoms with van der Waals surface area (Å²) in [7, 11) is 3.54. The normalized spacial score (nSPS) is 10.8. The Morgan fingerprint density at radius 3 is 2.44 bits per heavy atom. The molecule has 0 saturated carbocycles. The summed E-state index contributed by atoms with van der Waals surface area (Å²) in [5.74, 6) is 0.509. The quantitative estimate of drug-likeness (QED) is 0.436. The Labute approximate surface area is 189 Å². The third-order valence-electron chi connectivity index (χ3n) is 5.40. The van der Waals surface area contributed by atoms with Crippen LogP contribution in [-0.4, -0.2) is 53.0 Å². The number of aromatic nitrogens is 1. The van der Waals surface area contributed by atoms with E-state index in [0.717, 1.165) is 11.3 Å². The third kappa shape index (κ3) is 6.85. The summed E-state index contributed by atoms with van der Waals surface area (Å²) < 4.78 is 12.6. The van der Waals surface area contributed by atoms with E-state index in [4.69, 9.17) is 9.15 Å². The minimum absolute atomic E-state index is 0.00210. The van der Waals surface area contributed by atoms with Gasteiger partial charge in [-0.25, -0.2) is 0 Å². The van der Waals surface area contributed by atoms with Crippen LogP contribution in [0.15, 0.2) is 71.5 Å². The monoisotopic (exact) mass is 437 g/mol. The van der Waals surface area contributed by atoms with Crippen molar-refractivity contribution in [3.8, 4) is 0 Å². The van der Waals surface area contributed by atoms with E-state index < -0.39 is 0 Å². The molecule has 0 aliphatic carbocycles. The number of carbonyl (C=O) groups is 2. The van der Waals surface area contributed by atoms with E-state index in [-0.39, 0.29) is 18.4 Å². The molecule has 0 aliphatic heterocycles. The van der Waals surface area contributed by atoms with Gasteiger partial charge in [-0.1, -0.05) is 30.3 Å². The average molecular weight is 438 g/mol. The van der Waals surface area contributed by atoms with Crippen molar-refractivity contribution in [2.45, 2.75) is 25.9 Å². The van der Waals surface area contributed by atoms with Crippen molar-refractivity contribution >= 4 is 11.8 Å². The maximum atomic E-state index is 13.3. The summed E-state index contributed by atoms with van der Waals surface area (Å²) in [4.78, 5) is 29.6. The van der Waals surface area contributed by atoms with Gasteiger partial charge in [0.2, 0.25) is 11.8 Å². The van der Waals surface area contributed by atoms with Crippen LogP contribution in [0.5, 0.6) is 0 Å². The van der Waals surface area contributed by atoms with E-state index in [9.17, 15) is 9.59 Å². The summed E-state index contributed by atoms with van der Waals surface area (Å²) in [6.07, 6.45) is 4.52. The molecule has 3 rings (SSSR count). The molecule has 7 heteroatoms. The highest BCUT2D eigenvalue weighted by molar-refractivity contribution is 5.85. The van der Waals surface area contributed by atoms with E-state index in [1.807, 2.05) is 66.3 Å². The van der Waals surface area contributed by atoms with Crippen LogP contribution < -0.4 is 0 Å². The van der Waals surface area contributed by atoms with Crippen molar-refractivity contribution in [2.75, 3.05) is 26.8 Å². The van der Waals surface area contributed by atoms with Gasteiger partial charge >= 0.3 is 0 Å². The number of nitrogens with zero attached hydrogens (tertiary/aromatic N) is 3. The molecule has 0 atom stereocenters. The van der Waals surface area contributed by atoms with Crippen LogP contribution >= 0.6 is 0 Å². The van der Waals surface area contributed by atoms with Gasteiger partial charge in [-0.3, -0.25) is 9.59 Å². The Morgan fingerprint density at radius 1 is 0.969 bits per heavy atom. The van der Waals surface area contributed by atoms with Crippen molar-refractivity contribution in [3.63, 3.8) is 0 Å². The summed E-state index contributed by atoms with van der Waals surface area (Å²) in [6, 6.07) is 17.5. The molecule has 0 bridgehead atoms. The second-order valence-corrected chi connectivity index (χ2v) is 7.73. The summed E-state index contributed by atoms with van der Waals surface area (Å²) in [5.41, 5.74) is 2.10. The molecule has 1 aromatic carbocycles. The second kappa shape index (κ2) is 11.9. The van der Waals surface area contributed by atoms with Crippen molar-refractivity contribution in [1.29, 1.82) is 0 Å². The molecule has 32 heavy (non-hydrogen) atoms. The fraction of sp³-hybridized carbons (Fsp3) is 0.360. The molecule has 7 nitrogen and oxygen atoms in total. The lowest BCUT2D eigenvalue weighted by Crippen LogP contribution is -2.44. The minimum Gasteiger partial charge on any atom is -0.467 e. The predicted octanol–water partition coefficient (Wildman–Crippen LogP) is 3.25. The van der Waals surface area contributed by atoms with E-state index in [1.54, 1.807) is 29.2 Å². The van der Waals surface area contributed by atoms with E-state index in [1.165, 1.54) is 0 Å². The second-order valence-electron chi connectivity index (χ2n) is 7.73. The lowest BCUT2D eigenvalue weighted by Gasteiger charge is -2.27. The summed E-state index contributed by atoms with van der Waals surface area (Å²) in [5, 5.41) is 0. The van der Waals surface area contributed by atoms with Gasteiger partial charge in [0.15, 0.2) is 0 Å². The maximum Gasteiger partial charge on any atom is 0.242 e. The van der Waals surface area contributed by atoms with Crippen molar-refractivity contribution in [3.05, 3.63) is 84.1 Å². The van der Waals surface area contributed by atoms with Gasteiger partial charge in [-0.2, -0.15) is 0 Å². The summed E-state index contributed by atoms with van der Waals surface area (Å²) in [6.45, 7) is 1.52. The minimum atomic E-state index is -0.133. The Kier molecular flexibility index (Phi) is 8.69. The number of methoxy groups -OCH3 is 1. The molecular formula is C25H31N3O4. The molecular weight excluding hydrogens is 406 g/mol. The number of ether oxygens (including phenoxy) is 1. The van der Waals surface area contributed by atoms with Crippen LogP contribution in [0.25, 0.3) is 0 Å². The number of aryl methyl sites for hydroxylation is 2. The Morgan fingerprint density at radius 2 is 1.78 bits per heavy atom. The Balaban J connectivity index is 1.68. The third-order valence-corrected chi connectivity index (χ3v) is 5.40. The first-order valence-electron chi connectivity index (χ1n) is 10.8. The zero-order valence-electron chi connectivity index (χ0n) is 18.8. The number of hydrogen-bond acceptors (Lipinski definition) is 4. The fourth-order valence-electron chi connectivity index (χ4n) is 3.49. The fourth-order valence-corrected chi connectivity index (χ4v) is 3.49. The highest BCUT2D eigenvalue weighted by Crippen LogP contribution is 2.13. The molecule has 0 radical (unpaired) electrons. The molecule has 0 fully saturated rings. The van der Waals surface area contributed by atoms with Gasteiger partial charge in [0.05, 0.1) is 32.5 Å². The predicted molar refractivity (Wildman–Crippen MR) is 122 cm³/mol. The first-order valence-corrected chi connectivity index (χ1v) is 10.8. The highest BCUT2D eigenvalue weighted by atomic mass is 16.5. The topological polar surface area (TPSA) is 67.9 Å². The van der Waals surface area contributed by atoms with Crippen molar-refractivity contribution in [2.24, 2.45) is 7.05 Å². The molecule has 0 saturated heterocycles. The molecule has 0 spiro atoms. The number of carbonyl (C=O) groups excluding carboxylic acids is 2. The Bertz CT molecular complexity index is 966. The van der Waals surface area contributed by atoms with Crippen LogP contribution in [-0.2, 0) is 40.9 Å². The number of amides is 2. The smallest absolute Gasteiger partial charge is 0.242 e. The van der Waals surface area contributed by atoms with Gasteiger partial charge in [0, 0.05) is 39.0 Å². The largest absolute Gasteiger partial charge is 0.467 e. The van der Waals surface area contributed by atoms with Gasteiger partial charge in [0.1, 0.15) is 5.76 Å². The lowest BCUT2D eigenvalue weighted by molar-refractivity contribution is -0.142. The first-order chi connectivity index (χ1) is 15.6. The van der Waals surface area contributed by atoms with Crippen LogP contribution in [0.1, 0.15) is 23.4 Å². The SMILES string of the molecule is COCCN(CC(=O)N(Cc1ccco1)Cc1cccn1C)C(=O)CCc1ccccc1. The molecule has 170 valence electrons. The van der Waals surface area contributed by atoms with Gasteiger partial charge < -0.3 is 23.5 Å². The summed E-state index contributed by atoms with van der Waals surface area (Å²) >= 11 is 0. The van der Waals surface area contributed by atoms with E-state index >= 15 is 0 Å². The molecule has 2 amide bonds. The first kappa shape index (κ1) is 23.3. The molecule has 0 unspecified atom stereocenters. The zero-order chi connectivity index (χ0) is 22.8. The molecule has 0 aliphatic rings. The lowest BCUT2D eigenvalue weighted by atomic mass is 10.1. The average Bonchev–Trinajstić information content (AvgIpc) is 3.47. The van der Waals surface area contributed by atoms with E-state index in [0.29, 0.717) is 44.8 Å². The number of hydrogen-bond donors (Lipinski definition) is 0. The number of rotatable bonds is 12. The van der Waals surface area contributed by atoms with Crippen LogP contribution in [0, 0.1) is 0 Å². The van der Waals surface area contributed by atoms with Crippen molar-refractivity contribution in [1.82, 2.24) is 14.4 Å². The zero-order valence-corrected chi connectivity index (χ0v) is 18.8. The van der Waals surface area contributed by atoms with Crippen LogP contribution in [0.4, 0.5) is 0 Å². The molecule has 2 aromatic heterocycles. The number of benzene rings is 1. The van der Waals surface area contributed by atoms with Gasteiger partial charge in [-0.05, 0) is 36.2 Å². The Hall–Kier alpha value is -3.32. The van der Waals surface area contributed by atoms with Crippen LogP contribution in [0.2, 0.25) is 0 Å². The number of furan rings is 1.